The normalized spacial score (nSPS) is 12.5. The molecule has 0 saturated carbocycles. The van der Waals surface area contributed by atoms with E-state index in [1.54, 1.807) is 7.11 Å². The van der Waals surface area contributed by atoms with Gasteiger partial charge in [0.1, 0.15) is 0 Å². The summed E-state index contributed by atoms with van der Waals surface area (Å²) in [5.74, 6) is -0.0782. The highest BCUT2D eigenvalue weighted by Gasteiger charge is 2.10. The summed E-state index contributed by atoms with van der Waals surface area (Å²) in [4.78, 5) is 11.2. The molecule has 0 aromatic heterocycles. The Balaban J connectivity index is 3.45. The standard InChI is InChI=1S/C9H20N2O2/c1-3-4-5-8(10)9(12)11-6-7-13-2/h8H,3-7,10H2,1-2H3,(H,11,12)/t8-/m1/s1. The first-order valence-electron chi connectivity index (χ1n) is 4.74. The molecule has 0 aromatic rings. The van der Waals surface area contributed by atoms with Crippen molar-refractivity contribution in [3.05, 3.63) is 0 Å². The van der Waals surface area contributed by atoms with Crippen molar-refractivity contribution in [2.75, 3.05) is 20.3 Å². The largest absolute Gasteiger partial charge is 0.383 e. The molecule has 0 unspecified atom stereocenters. The van der Waals surface area contributed by atoms with E-state index in [1.807, 2.05) is 0 Å². The minimum atomic E-state index is -0.364. The van der Waals surface area contributed by atoms with Gasteiger partial charge >= 0.3 is 0 Å². The van der Waals surface area contributed by atoms with E-state index in [0.29, 0.717) is 13.2 Å². The summed E-state index contributed by atoms with van der Waals surface area (Å²) < 4.78 is 4.80. The lowest BCUT2D eigenvalue weighted by molar-refractivity contribution is -0.122. The lowest BCUT2D eigenvalue weighted by atomic mass is 10.1. The molecule has 78 valence electrons. The summed E-state index contributed by atoms with van der Waals surface area (Å²) in [6.07, 6.45) is 2.83. The van der Waals surface area contributed by atoms with Crippen LogP contribution >= 0.6 is 0 Å². The van der Waals surface area contributed by atoms with Crippen LogP contribution in [0.3, 0.4) is 0 Å². The Kier molecular flexibility index (Phi) is 7.63. The van der Waals surface area contributed by atoms with Crippen molar-refractivity contribution in [1.82, 2.24) is 5.32 Å². The van der Waals surface area contributed by atoms with Crippen LogP contribution in [-0.4, -0.2) is 32.2 Å². The van der Waals surface area contributed by atoms with Crippen LogP contribution in [0.15, 0.2) is 0 Å². The van der Waals surface area contributed by atoms with Gasteiger partial charge in [-0.3, -0.25) is 4.79 Å². The first kappa shape index (κ1) is 12.4. The topological polar surface area (TPSA) is 64.4 Å². The number of amides is 1. The fourth-order valence-corrected chi connectivity index (χ4v) is 0.963. The van der Waals surface area contributed by atoms with Gasteiger partial charge in [0.25, 0.3) is 0 Å². The number of carbonyl (C=O) groups is 1. The van der Waals surface area contributed by atoms with Crippen LogP contribution in [0.1, 0.15) is 26.2 Å². The maximum Gasteiger partial charge on any atom is 0.236 e. The minimum absolute atomic E-state index is 0.0782. The van der Waals surface area contributed by atoms with Crippen molar-refractivity contribution in [3.8, 4) is 0 Å². The highest BCUT2D eigenvalue weighted by Crippen LogP contribution is 1.97. The summed E-state index contributed by atoms with van der Waals surface area (Å²) in [6, 6.07) is -0.364. The molecular formula is C9H20N2O2. The van der Waals surface area contributed by atoms with Crippen LogP contribution in [-0.2, 0) is 9.53 Å². The molecule has 0 aliphatic rings. The summed E-state index contributed by atoms with van der Waals surface area (Å²) >= 11 is 0. The number of nitrogens with two attached hydrogens (primary N) is 1. The van der Waals surface area contributed by atoms with E-state index in [0.717, 1.165) is 19.3 Å². The Bertz CT molecular complexity index is 140. The number of methoxy groups -OCH3 is 1. The Morgan fingerprint density at radius 1 is 1.62 bits per heavy atom. The predicted octanol–water partition coefficient (Wildman–Crippen LogP) is 0.267. The third kappa shape index (κ3) is 6.54. The van der Waals surface area contributed by atoms with E-state index in [4.69, 9.17) is 10.5 Å². The molecule has 1 amide bonds. The van der Waals surface area contributed by atoms with Gasteiger partial charge in [-0.05, 0) is 6.42 Å². The van der Waals surface area contributed by atoms with Gasteiger partial charge in [-0.1, -0.05) is 19.8 Å². The number of unbranched alkanes of at least 4 members (excludes halogenated alkanes) is 1. The molecule has 0 bridgehead atoms. The quantitative estimate of drug-likeness (QED) is 0.563. The van der Waals surface area contributed by atoms with E-state index in [-0.39, 0.29) is 11.9 Å². The van der Waals surface area contributed by atoms with Gasteiger partial charge in [-0.15, -0.1) is 0 Å². The monoisotopic (exact) mass is 188 g/mol. The molecule has 1 atom stereocenters. The molecular weight excluding hydrogens is 168 g/mol. The van der Waals surface area contributed by atoms with Crippen LogP contribution in [0.25, 0.3) is 0 Å². The first-order valence-corrected chi connectivity index (χ1v) is 4.74. The summed E-state index contributed by atoms with van der Waals surface area (Å²) in [6.45, 7) is 3.15. The molecule has 0 aromatic carbocycles. The molecule has 0 aliphatic carbocycles. The number of hydrogen-bond donors (Lipinski definition) is 2. The zero-order chi connectivity index (χ0) is 10.1. The van der Waals surface area contributed by atoms with E-state index in [9.17, 15) is 4.79 Å². The third-order valence-electron chi connectivity index (χ3n) is 1.81. The van der Waals surface area contributed by atoms with Gasteiger partial charge in [0, 0.05) is 13.7 Å². The fraction of sp³-hybridized carbons (Fsp3) is 0.889. The van der Waals surface area contributed by atoms with E-state index in [1.165, 1.54) is 0 Å². The van der Waals surface area contributed by atoms with Gasteiger partial charge in [0.05, 0.1) is 12.6 Å². The zero-order valence-electron chi connectivity index (χ0n) is 8.51. The van der Waals surface area contributed by atoms with Crippen LogP contribution in [0.5, 0.6) is 0 Å². The van der Waals surface area contributed by atoms with Crippen molar-refractivity contribution in [1.29, 1.82) is 0 Å². The van der Waals surface area contributed by atoms with Crippen molar-refractivity contribution in [3.63, 3.8) is 0 Å². The molecule has 0 heterocycles. The number of carbonyl (C=O) groups excluding carboxylic acids is 1. The van der Waals surface area contributed by atoms with Crippen molar-refractivity contribution in [2.45, 2.75) is 32.2 Å². The van der Waals surface area contributed by atoms with E-state index < -0.39 is 0 Å². The lowest BCUT2D eigenvalue weighted by Gasteiger charge is -2.10. The maximum absolute atomic E-state index is 11.2. The molecule has 0 aliphatic heterocycles. The Morgan fingerprint density at radius 3 is 2.85 bits per heavy atom. The molecule has 0 spiro atoms. The predicted molar refractivity (Wildman–Crippen MR) is 52.4 cm³/mol. The molecule has 13 heavy (non-hydrogen) atoms. The maximum atomic E-state index is 11.2. The van der Waals surface area contributed by atoms with Crippen LogP contribution in [0.4, 0.5) is 0 Å². The van der Waals surface area contributed by atoms with E-state index in [2.05, 4.69) is 12.2 Å². The molecule has 4 heteroatoms. The fourth-order valence-electron chi connectivity index (χ4n) is 0.963. The Hall–Kier alpha value is -0.610. The Labute approximate surface area is 79.8 Å². The second-order valence-electron chi connectivity index (χ2n) is 3.03. The highest BCUT2D eigenvalue weighted by atomic mass is 16.5. The summed E-state index contributed by atoms with van der Waals surface area (Å²) in [7, 11) is 1.60. The summed E-state index contributed by atoms with van der Waals surface area (Å²) in [5, 5.41) is 2.70. The Morgan fingerprint density at radius 2 is 2.31 bits per heavy atom. The number of hydrogen-bond acceptors (Lipinski definition) is 3. The van der Waals surface area contributed by atoms with Crippen molar-refractivity contribution < 1.29 is 9.53 Å². The average Bonchev–Trinajstić information content (AvgIpc) is 2.14. The lowest BCUT2D eigenvalue weighted by Crippen LogP contribution is -2.41. The van der Waals surface area contributed by atoms with Crippen LogP contribution in [0.2, 0.25) is 0 Å². The second-order valence-corrected chi connectivity index (χ2v) is 3.03. The summed E-state index contributed by atoms with van der Waals surface area (Å²) in [5.41, 5.74) is 5.63. The van der Waals surface area contributed by atoms with Gasteiger partial charge in [-0.2, -0.15) is 0 Å². The molecule has 3 N–H and O–H groups in total. The zero-order valence-corrected chi connectivity index (χ0v) is 8.51. The molecule has 0 radical (unpaired) electrons. The van der Waals surface area contributed by atoms with Crippen LogP contribution < -0.4 is 11.1 Å². The smallest absolute Gasteiger partial charge is 0.236 e. The molecule has 0 fully saturated rings. The van der Waals surface area contributed by atoms with E-state index >= 15 is 0 Å². The highest BCUT2D eigenvalue weighted by molar-refractivity contribution is 5.81. The third-order valence-corrected chi connectivity index (χ3v) is 1.81. The van der Waals surface area contributed by atoms with Crippen molar-refractivity contribution in [2.24, 2.45) is 5.73 Å². The second kappa shape index (κ2) is 8.01. The van der Waals surface area contributed by atoms with Gasteiger partial charge in [0.2, 0.25) is 5.91 Å². The number of nitrogens with one attached hydrogen (secondary N) is 1. The minimum Gasteiger partial charge on any atom is -0.383 e. The first-order chi connectivity index (χ1) is 6.22. The van der Waals surface area contributed by atoms with Gasteiger partial charge < -0.3 is 15.8 Å². The average molecular weight is 188 g/mol. The van der Waals surface area contributed by atoms with Crippen molar-refractivity contribution >= 4 is 5.91 Å². The SMILES string of the molecule is CCCC[C@@H](N)C(=O)NCCOC. The number of rotatable bonds is 7. The molecule has 4 nitrogen and oxygen atoms in total. The van der Waals surface area contributed by atoms with Gasteiger partial charge in [0.15, 0.2) is 0 Å². The molecule has 0 saturated heterocycles. The van der Waals surface area contributed by atoms with Gasteiger partial charge in [-0.25, -0.2) is 0 Å². The molecule has 0 rings (SSSR count). The number of ether oxygens (including phenoxy) is 1. The van der Waals surface area contributed by atoms with Crippen LogP contribution in [0, 0.1) is 0 Å².